The number of nitrogens with two attached hydrogens (primary N) is 1. The summed E-state index contributed by atoms with van der Waals surface area (Å²) in [5.74, 6) is 0.600. The van der Waals surface area contributed by atoms with Crippen molar-refractivity contribution in [2.75, 3.05) is 19.7 Å². The van der Waals surface area contributed by atoms with Crippen molar-refractivity contribution in [1.29, 1.82) is 0 Å². The molecular weight excluding hydrogens is 252 g/mol. The van der Waals surface area contributed by atoms with Crippen LogP contribution in [0.15, 0.2) is 18.2 Å². The highest BCUT2D eigenvalue weighted by atomic mass is 35.5. The molecule has 0 fully saturated rings. The van der Waals surface area contributed by atoms with Crippen LogP contribution in [0.3, 0.4) is 0 Å². The average molecular weight is 271 g/mol. The Morgan fingerprint density at radius 3 is 2.89 bits per heavy atom. The van der Waals surface area contributed by atoms with Gasteiger partial charge in [-0.3, -0.25) is 4.79 Å². The first-order chi connectivity index (χ1) is 8.67. The van der Waals surface area contributed by atoms with Crippen LogP contribution >= 0.6 is 11.6 Å². The van der Waals surface area contributed by atoms with Gasteiger partial charge in [0.05, 0.1) is 18.1 Å². The smallest absolute Gasteiger partial charge is 0.224 e. The Hall–Kier alpha value is -1.26. The number of amides is 1. The van der Waals surface area contributed by atoms with Crippen molar-refractivity contribution in [3.63, 3.8) is 0 Å². The van der Waals surface area contributed by atoms with Crippen molar-refractivity contribution in [2.45, 2.75) is 19.8 Å². The fourth-order valence-corrected chi connectivity index (χ4v) is 1.70. The van der Waals surface area contributed by atoms with Gasteiger partial charge in [-0.1, -0.05) is 24.6 Å². The van der Waals surface area contributed by atoms with Crippen LogP contribution in [0.2, 0.25) is 5.02 Å². The van der Waals surface area contributed by atoms with E-state index >= 15 is 0 Å². The summed E-state index contributed by atoms with van der Waals surface area (Å²) in [6.07, 6.45) is 1.23. The molecule has 0 aliphatic heterocycles. The van der Waals surface area contributed by atoms with E-state index in [1.807, 2.05) is 13.0 Å². The number of carbonyl (C=O) groups excluding carboxylic acids is 1. The lowest BCUT2D eigenvalue weighted by molar-refractivity contribution is -0.120. The summed E-state index contributed by atoms with van der Waals surface area (Å²) in [7, 11) is 0. The Balaban J connectivity index is 2.58. The SMILES string of the molecule is CCCOc1ccc(CC(=O)NCCN)cc1Cl. The van der Waals surface area contributed by atoms with Crippen LogP contribution in [0.4, 0.5) is 0 Å². The van der Waals surface area contributed by atoms with Gasteiger partial charge in [0.25, 0.3) is 0 Å². The Morgan fingerprint density at radius 1 is 1.50 bits per heavy atom. The number of rotatable bonds is 7. The van der Waals surface area contributed by atoms with Gasteiger partial charge in [0, 0.05) is 13.1 Å². The maximum absolute atomic E-state index is 11.5. The molecule has 0 unspecified atom stereocenters. The van der Waals surface area contributed by atoms with Crippen LogP contribution in [-0.4, -0.2) is 25.6 Å². The van der Waals surface area contributed by atoms with E-state index in [2.05, 4.69) is 5.32 Å². The maximum Gasteiger partial charge on any atom is 0.224 e. The zero-order chi connectivity index (χ0) is 13.4. The minimum atomic E-state index is -0.0567. The van der Waals surface area contributed by atoms with Crippen LogP contribution < -0.4 is 15.8 Å². The molecule has 0 saturated heterocycles. The van der Waals surface area contributed by atoms with E-state index in [1.54, 1.807) is 12.1 Å². The molecule has 1 amide bonds. The molecular formula is C13H19ClN2O2. The third-order valence-electron chi connectivity index (χ3n) is 2.29. The molecule has 0 aromatic heterocycles. The predicted molar refractivity (Wildman–Crippen MR) is 73.0 cm³/mol. The third kappa shape index (κ3) is 4.94. The summed E-state index contributed by atoms with van der Waals surface area (Å²) >= 11 is 6.08. The Morgan fingerprint density at radius 2 is 2.28 bits per heavy atom. The molecule has 4 nitrogen and oxygen atoms in total. The van der Waals surface area contributed by atoms with Gasteiger partial charge in [-0.2, -0.15) is 0 Å². The normalized spacial score (nSPS) is 10.2. The van der Waals surface area contributed by atoms with Gasteiger partial charge in [0.15, 0.2) is 0 Å². The van der Waals surface area contributed by atoms with Gasteiger partial charge < -0.3 is 15.8 Å². The lowest BCUT2D eigenvalue weighted by Gasteiger charge is -2.09. The van der Waals surface area contributed by atoms with E-state index in [-0.39, 0.29) is 5.91 Å². The first-order valence-corrected chi connectivity index (χ1v) is 6.43. The van der Waals surface area contributed by atoms with Crippen LogP contribution in [-0.2, 0) is 11.2 Å². The molecule has 1 aromatic carbocycles. The molecule has 0 atom stereocenters. The molecule has 1 rings (SSSR count). The molecule has 0 bridgehead atoms. The Kier molecular flexibility index (Phi) is 6.54. The number of carbonyl (C=O) groups is 1. The number of hydrogen-bond acceptors (Lipinski definition) is 3. The van der Waals surface area contributed by atoms with Gasteiger partial charge in [-0.05, 0) is 24.1 Å². The highest BCUT2D eigenvalue weighted by Gasteiger charge is 2.06. The topological polar surface area (TPSA) is 64.3 Å². The van der Waals surface area contributed by atoms with E-state index in [4.69, 9.17) is 22.1 Å². The maximum atomic E-state index is 11.5. The van der Waals surface area contributed by atoms with Crippen molar-refractivity contribution in [3.05, 3.63) is 28.8 Å². The fourth-order valence-electron chi connectivity index (χ4n) is 1.44. The molecule has 0 heterocycles. The van der Waals surface area contributed by atoms with E-state index in [0.29, 0.717) is 36.9 Å². The second kappa shape index (κ2) is 7.95. The molecule has 1 aromatic rings. The second-order valence-electron chi connectivity index (χ2n) is 3.93. The van der Waals surface area contributed by atoms with Crippen LogP contribution in [0.5, 0.6) is 5.75 Å². The van der Waals surface area contributed by atoms with Gasteiger partial charge in [0.1, 0.15) is 5.75 Å². The summed E-state index contributed by atoms with van der Waals surface area (Å²) in [5.41, 5.74) is 6.17. The average Bonchev–Trinajstić information content (AvgIpc) is 2.35. The Bertz CT molecular complexity index is 397. The summed E-state index contributed by atoms with van der Waals surface area (Å²) in [6.45, 7) is 3.60. The van der Waals surface area contributed by atoms with Crippen LogP contribution in [0.25, 0.3) is 0 Å². The second-order valence-corrected chi connectivity index (χ2v) is 4.34. The summed E-state index contributed by atoms with van der Waals surface area (Å²) < 4.78 is 5.46. The van der Waals surface area contributed by atoms with Crippen molar-refractivity contribution < 1.29 is 9.53 Å². The molecule has 0 radical (unpaired) electrons. The number of halogens is 1. The monoisotopic (exact) mass is 270 g/mol. The van der Waals surface area contributed by atoms with Gasteiger partial charge in [0.2, 0.25) is 5.91 Å². The number of nitrogens with one attached hydrogen (secondary N) is 1. The van der Waals surface area contributed by atoms with Crippen molar-refractivity contribution in [3.8, 4) is 5.75 Å². The van der Waals surface area contributed by atoms with Crippen molar-refractivity contribution >= 4 is 17.5 Å². The third-order valence-corrected chi connectivity index (χ3v) is 2.58. The van der Waals surface area contributed by atoms with Gasteiger partial charge >= 0.3 is 0 Å². The van der Waals surface area contributed by atoms with Crippen molar-refractivity contribution in [1.82, 2.24) is 5.32 Å². The molecule has 3 N–H and O–H groups in total. The largest absolute Gasteiger partial charge is 0.492 e. The summed E-state index contributed by atoms with van der Waals surface area (Å²) in [5, 5.41) is 3.25. The highest BCUT2D eigenvalue weighted by molar-refractivity contribution is 6.32. The molecule has 0 aliphatic rings. The standard InChI is InChI=1S/C13H19ClN2O2/c1-2-7-18-12-4-3-10(8-11(12)14)9-13(17)16-6-5-15/h3-4,8H,2,5-7,9,15H2,1H3,(H,16,17). The fraction of sp³-hybridized carbons (Fsp3) is 0.462. The first kappa shape index (κ1) is 14.8. The van der Waals surface area contributed by atoms with Crippen LogP contribution in [0.1, 0.15) is 18.9 Å². The lowest BCUT2D eigenvalue weighted by Crippen LogP contribution is -2.30. The number of hydrogen-bond donors (Lipinski definition) is 2. The predicted octanol–water partition coefficient (Wildman–Crippen LogP) is 1.75. The van der Waals surface area contributed by atoms with Gasteiger partial charge in [-0.25, -0.2) is 0 Å². The summed E-state index contributed by atoms with van der Waals surface area (Å²) in [4.78, 5) is 11.5. The molecule has 0 spiro atoms. The minimum absolute atomic E-state index is 0.0567. The molecule has 18 heavy (non-hydrogen) atoms. The van der Waals surface area contributed by atoms with Crippen LogP contribution in [0, 0.1) is 0 Å². The van der Waals surface area contributed by atoms with E-state index in [1.165, 1.54) is 0 Å². The zero-order valence-electron chi connectivity index (χ0n) is 10.5. The zero-order valence-corrected chi connectivity index (χ0v) is 11.3. The summed E-state index contributed by atoms with van der Waals surface area (Å²) in [6, 6.07) is 5.40. The highest BCUT2D eigenvalue weighted by Crippen LogP contribution is 2.25. The minimum Gasteiger partial charge on any atom is -0.492 e. The lowest BCUT2D eigenvalue weighted by atomic mass is 10.1. The molecule has 5 heteroatoms. The first-order valence-electron chi connectivity index (χ1n) is 6.05. The van der Waals surface area contributed by atoms with Gasteiger partial charge in [-0.15, -0.1) is 0 Å². The number of ether oxygens (including phenoxy) is 1. The van der Waals surface area contributed by atoms with E-state index < -0.39 is 0 Å². The van der Waals surface area contributed by atoms with E-state index in [0.717, 1.165) is 12.0 Å². The quantitative estimate of drug-likeness (QED) is 0.793. The molecule has 0 aliphatic carbocycles. The van der Waals surface area contributed by atoms with E-state index in [9.17, 15) is 4.79 Å². The Labute approximate surface area is 112 Å². The van der Waals surface area contributed by atoms with Crippen molar-refractivity contribution in [2.24, 2.45) is 5.73 Å². The molecule has 100 valence electrons. The molecule has 0 saturated carbocycles. The number of benzene rings is 1.